The van der Waals surface area contributed by atoms with Crippen molar-refractivity contribution in [2.75, 3.05) is 6.61 Å². The summed E-state index contributed by atoms with van der Waals surface area (Å²) in [6, 6.07) is 4.22. The minimum Gasteiger partial charge on any atom is -0.507 e. The first-order valence-electron chi connectivity index (χ1n) is 14.0. The van der Waals surface area contributed by atoms with Gasteiger partial charge in [0.1, 0.15) is 5.75 Å². The monoisotopic (exact) mass is 474 g/mol. The third kappa shape index (κ3) is 12.3. The predicted octanol–water partition coefficient (Wildman–Crippen LogP) is 9.16. The number of hydrogen-bond acceptors (Lipinski definition) is 3. The van der Waals surface area contributed by atoms with Crippen molar-refractivity contribution in [2.45, 2.75) is 149 Å². The molecule has 0 aliphatic rings. The number of phenols is 1. The maximum absolute atomic E-state index is 12.2. The first-order valence-corrected chi connectivity index (χ1v) is 14.0. The second kappa shape index (κ2) is 15.5. The summed E-state index contributed by atoms with van der Waals surface area (Å²) in [6.07, 6.45) is 16.3. The maximum Gasteiger partial charge on any atom is 0.305 e. The number of aromatic hydroxyl groups is 1. The fourth-order valence-electron chi connectivity index (χ4n) is 4.44. The van der Waals surface area contributed by atoms with Crippen molar-refractivity contribution in [3.63, 3.8) is 0 Å². The standard InChI is InChI=1S/C31H54O3/c1-8-9-10-11-12-13-14-15-16-17-18-22-34-28(32)21-19-20-25-23-26(30(2,3)4)29(33)27(24-25)31(5,6)7/h23-24,33H,8-22H2,1-7H3. The van der Waals surface area contributed by atoms with Crippen molar-refractivity contribution in [1.82, 2.24) is 0 Å². The second-order valence-electron chi connectivity index (χ2n) is 12.1. The molecule has 3 nitrogen and oxygen atoms in total. The summed E-state index contributed by atoms with van der Waals surface area (Å²) in [5.74, 6) is 0.327. The Labute approximate surface area is 211 Å². The van der Waals surface area contributed by atoms with E-state index in [1.807, 2.05) is 0 Å². The summed E-state index contributed by atoms with van der Waals surface area (Å²) < 4.78 is 5.46. The first kappa shape index (κ1) is 30.5. The number of hydrogen-bond donors (Lipinski definition) is 1. The van der Waals surface area contributed by atoms with Crippen molar-refractivity contribution in [2.24, 2.45) is 0 Å². The molecule has 0 saturated heterocycles. The van der Waals surface area contributed by atoms with E-state index in [9.17, 15) is 9.90 Å². The van der Waals surface area contributed by atoms with Crippen LogP contribution < -0.4 is 0 Å². The maximum atomic E-state index is 12.2. The van der Waals surface area contributed by atoms with E-state index in [-0.39, 0.29) is 16.8 Å². The van der Waals surface area contributed by atoms with Gasteiger partial charge >= 0.3 is 5.97 Å². The van der Waals surface area contributed by atoms with Crippen LogP contribution in [0.1, 0.15) is 149 Å². The van der Waals surface area contributed by atoms with E-state index in [0.29, 0.717) is 18.8 Å². The Balaban J connectivity index is 2.28. The van der Waals surface area contributed by atoms with Crippen molar-refractivity contribution >= 4 is 5.97 Å². The van der Waals surface area contributed by atoms with Gasteiger partial charge in [-0.1, -0.05) is 125 Å². The largest absolute Gasteiger partial charge is 0.507 e. The Bertz CT molecular complexity index is 671. The van der Waals surface area contributed by atoms with Gasteiger partial charge in [0, 0.05) is 6.42 Å². The van der Waals surface area contributed by atoms with Gasteiger partial charge in [0.05, 0.1) is 6.61 Å². The molecule has 0 aliphatic heterocycles. The molecule has 1 rings (SSSR count). The molecule has 0 fully saturated rings. The highest BCUT2D eigenvalue weighted by Crippen LogP contribution is 2.40. The van der Waals surface area contributed by atoms with Gasteiger partial charge < -0.3 is 9.84 Å². The fraction of sp³-hybridized carbons (Fsp3) is 0.774. The lowest BCUT2D eigenvalue weighted by Gasteiger charge is -2.28. The molecule has 0 unspecified atom stereocenters. The number of rotatable bonds is 16. The molecule has 0 spiro atoms. The molecule has 1 aromatic carbocycles. The summed E-state index contributed by atoms with van der Waals surface area (Å²) in [7, 11) is 0. The van der Waals surface area contributed by atoms with E-state index in [1.165, 1.54) is 63.4 Å². The van der Waals surface area contributed by atoms with Crippen LogP contribution in [0.5, 0.6) is 5.75 Å². The van der Waals surface area contributed by atoms with Crippen molar-refractivity contribution < 1.29 is 14.6 Å². The van der Waals surface area contributed by atoms with Crippen LogP contribution in [0.4, 0.5) is 0 Å². The topological polar surface area (TPSA) is 46.5 Å². The molecule has 0 saturated carbocycles. The average Bonchev–Trinajstić information content (AvgIpc) is 2.73. The number of phenolic OH excluding ortho intramolecular Hbond substituents is 1. The van der Waals surface area contributed by atoms with Gasteiger partial charge in [-0.05, 0) is 46.8 Å². The lowest BCUT2D eigenvalue weighted by Crippen LogP contribution is -2.18. The zero-order valence-corrected chi connectivity index (χ0v) is 23.5. The molecule has 196 valence electrons. The molecule has 3 heteroatoms. The highest BCUT2D eigenvalue weighted by molar-refractivity contribution is 5.69. The zero-order valence-electron chi connectivity index (χ0n) is 23.5. The molecule has 0 bridgehead atoms. The fourth-order valence-corrected chi connectivity index (χ4v) is 4.44. The Morgan fingerprint density at radius 2 is 1.18 bits per heavy atom. The smallest absolute Gasteiger partial charge is 0.305 e. The highest BCUT2D eigenvalue weighted by Gasteiger charge is 2.26. The van der Waals surface area contributed by atoms with Gasteiger partial charge in [0.15, 0.2) is 0 Å². The molecule has 1 N–H and O–H groups in total. The molecule has 0 radical (unpaired) electrons. The Hall–Kier alpha value is -1.51. The van der Waals surface area contributed by atoms with Gasteiger partial charge in [-0.25, -0.2) is 0 Å². The minimum absolute atomic E-state index is 0.0852. The summed E-state index contributed by atoms with van der Waals surface area (Å²) in [5.41, 5.74) is 2.88. The summed E-state index contributed by atoms with van der Waals surface area (Å²) in [6.45, 7) is 15.6. The number of carbonyl (C=O) groups is 1. The van der Waals surface area contributed by atoms with Crippen LogP contribution >= 0.6 is 0 Å². The van der Waals surface area contributed by atoms with E-state index >= 15 is 0 Å². The van der Waals surface area contributed by atoms with Gasteiger partial charge in [-0.2, -0.15) is 0 Å². The quantitative estimate of drug-likeness (QED) is 0.192. The number of unbranched alkanes of at least 4 members (excludes halogenated alkanes) is 10. The molecule has 0 heterocycles. The second-order valence-corrected chi connectivity index (χ2v) is 12.1. The predicted molar refractivity (Wildman–Crippen MR) is 146 cm³/mol. The van der Waals surface area contributed by atoms with E-state index in [1.54, 1.807) is 0 Å². The van der Waals surface area contributed by atoms with E-state index in [4.69, 9.17) is 4.74 Å². The van der Waals surface area contributed by atoms with Crippen LogP contribution in [0.2, 0.25) is 0 Å². The molecule has 1 aromatic rings. The number of benzene rings is 1. The number of aryl methyl sites for hydroxylation is 1. The summed E-state index contributed by atoms with van der Waals surface area (Å²) in [5, 5.41) is 10.9. The molecule has 0 aromatic heterocycles. The lowest BCUT2D eigenvalue weighted by molar-refractivity contribution is -0.143. The van der Waals surface area contributed by atoms with Crippen LogP contribution in [-0.2, 0) is 26.8 Å². The first-order chi connectivity index (χ1) is 16.0. The Morgan fingerprint density at radius 1 is 0.735 bits per heavy atom. The molecule has 0 atom stereocenters. The lowest BCUT2D eigenvalue weighted by atomic mass is 9.78. The van der Waals surface area contributed by atoms with Crippen molar-refractivity contribution in [3.05, 3.63) is 28.8 Å². The molecule has 34 heavy (non-hydrogen) atoms. The molecular formula is C31H54O3. The van der Waals surface area contributed by atoms with E-state index in [2.05, 4.69) is 60.6 Å². The summed E-state index contributed by atoms with van der Waals surface area (Å²) >= 11 is 0. The molecule has 0 aliphatic carbocycles. The van der Waals surface area contributed by atoms with Crippen LogP contribution in [0, 0.1) is 0 Å². The zero-order chi connectivity index (χ0) is 25.6. The van der Waals surface area contributed by atoms with Crippen LogP contribution in [0.3, 0.4) is 0 Å². The van der Waals surface area contributed by atoms with Crippen molar-refractivity contribution in [3.8, 4) is 5.75 Å². The van der Waals surface area contributed by atoms with Gasteiger partial charge in [0.25, 0.3) is 0 Å². The van der Waals surface area contributed by atoms with Crippen LogP contribution in [0.15, 0.2) is 12.1 Å². The number of carbonyl (C=O) groups excluding carboxylic acids is 1. The molecule has 0 amide bonds. The Kier molecular flexibility index (Phi) is 13.9. The SMILES string of the molecule is CCCCCCCCCCCCCOC(=O)CCCc1cc(C(C)(C)C)c(O)c(C(C)(C)C)c1. The van der Waals surface area contributed by atoms with E-state index in [0.717, 1.165) is 36.8 Å². The third-order valence-corrected chi connectivity index (χ3v) is 6.64. The minimum atomic E-state index is -0.131. The molecular weight excluding hydrogens is 420 g/mol. The van der Waals surface area contributed by atoms with Crippen LogP contribution in [-0.4, -0.2) is 17.7 Å². The highest BCUT2D eigenvalue weighted by atomic mass is 16.5. The van der Waals surface area contributed by atoms with Gasteiger partial charge in [-0.3, -0.25) is 4.79 Å². The summed E-state index contributed by atoms with van der Waals surface area (Å²) in [4.78, 5) is 12.2. The number of ether oxygens (including phenoxy) is 1. The van der Waals surface area contributed by atoms with E-state index < -0.39 is 0 Å². The van der Waals surface area contributed by atoms with Crippen molar-refractivity contribution in [1.29, 1.82) is 0 Å². The number of esters is 1. The van der Waals surface area contributed by atoms with Gasteiger partial charge in [-0.15, -0.1) is 0 Å². The van der Waals surface area contributed by atoms with Crippen LogP contribution in [0.25, 0.3) is 0 Å². The average molecular weight is 475 g/mol. The Morgan fingerprint density at radius 3 is 1.62 bits per heavy atom. The van der Waals surface area contributed by atoms with Gasteiger partial charge in [0.2, 0.25) is 0 Å². The normalized spacial score (nSPS) is 12.2. The third-order valence-electron chi connectivity index (χ3n) is 6.64.